The van der Waals surface area contributed by atoms with Gasteiger partial charge in [0.15, 0.2) is 0 Å². The van der Waals surface area contributed by atoms with E-state index in [0.29, 0.717) is 5.69 Å². The zero-order chi connectivity index (χ0) is 19.2. The Bertz CT molecular complexity index is 669. The van der Waals surface area contributed by atoms with E-state index in [1.807, 2.05) is 0 Å². The van der Waals surface area contributed by atoms with E-state index in [-0.39, 0.29) is 18.7 Å². The SMILES string of the molecule is Cc1nc(NC(=O)CC[C@H](N)C(=O)OOC(=O)C(F)(F)F)ccc1Br. The van der Waals surface area contributed by atoms with E-state index in [1.165, 1.54) is 0 Å². The first kappa shape index (κ1) is 20.8. The summed E-state index contributed by atoms with van der Waals surface area (Å²) in [6.45, 7) is 1.72. The van der Waals surface area contributed by atoms with Crippen molar-refractivity contribution in [3.05, 3.63) is 22.3 Å². The van der Waals surface area contributed by atoms with Crippen LogP contribution in [0.2, 0.25) is 0 Å². The van der Waals surface area contributed by atoms with Crippen LogP contribution in [0.3, 0.4) is 0 Å². The molecule has 0 bridgehead atoms. The molecule has 0 saturated heterocycles. The second-order valence-electron chi connectivity index (χ2n) is 4.73. The minimum absolute atomic E-state index is 0.236. The fourth-order valence-electron chi connectivity index (χ4n) is 1.41. The molecule has 0 aliphatic rings. The number of anilines is 1. The molecule has 1 rings (SSSR count). The molecule has 1 aromatic heterocycles. The van der Waals surface area contributed by atoms with E-state index in [1.54, 1.807) is 19.1 Å². The molecule has 1 atom stereocenters. The van der Waals surface area contributed by atoms with Crippen LogP contribution >= 0.6 is 15.9 Å². The number of rotatable bonds is 5. The maximum atomic E-state index is 11.9. The Kier molecular flexibility index (Phi) is 7.30. The number of amides is 1. The van der Waals surface area contributed by atoms with E-state index < -0.39 is 30.1 Å². The van der Waals surface area contributed by atoms with Gasteiger partial charge in [0.25, 0.3) is 0 Å². The van der Waals surface area contributed by atoms with Gasteiger partial charge in [-0.3, -0.25) is 4.79 Å². The van der Waals surface area contributed by atoms with Crippen molar-refractivity contribution in [2.75, 3.05) is 5.32 Å². The molecule has 1 aromatic rings. The predicted octanol–water partition coefficient (Wildman–Crippen LogP) is 1.76. The number of hydrogen-bond donors (Lipinski definition) is 2. The van der Waals surface area contributed by atoms with Gasteiger partial charge in [-0.25, -0.2) is 24.3 Å². The number of pyridine rings is 1. The summed E-state index contributed by atoms with van der Waals surface area (Å²) in [6.07, 6.45) is -5.79. The molecule has 0 aliphatic heterocycles. The summed E-state index contributed by atoms with van der Waals surface area (Å²) in [7, 11) is 0. The molecule has 12 heteroatoms. The highest BCUT2D eigenvalue weighted by Gasteiger charge is 2.43. The fraction of sp³-hybridized carbons (Fsp3) is 0.385. The number of aromatic nitrogens is 1. The van der Waals surface area contributed by atoms with Crippen molar-refractivity contribution in [3.63, 3.8) is 0 Å². The normalized spacial score (nSPS) is 12.2. The molecule has 3 N–H and O–H groups in total. The van der Waals surface area contributed by atoms with Crippen LogP contribution in [0.15, 0.2) is 16.6 Å². The topological polar surface area (TPSA) is 121 Å². The van der Waals surface area contributed by atoms with Gasteiger partial charge >= 0.3 is 18.1 Å². The zero-order valence-corrected chi connectivity index (χ0v) is 14.3. The number of nitrogens with zero attached hydrogens (tertiary/aromatic N) is 1. The van der Waals surface area contributed by atoms with Gasteiger partial charge in [-0.05, 0) is 41.4 Å². The van der Waals surface area contributed by atoms with Gasteiger partial charge in [0.1, 0.15) is 11.9 Å². The molecule has 0 aliphatic carbocycles. The van der Waals surface area contributed by atoms with Crippen LogP contribution in [0.1, 0.15) is 18.5 Å². The van der Waals surface area contributed by atoms with Crippen molar-refractivity contribution in [2.45, 2.75) is 32.0 Å². The van der Waals surface area contributed by atoms with Crippen LogP contribution < -0.4 is 11.1 Å². The molecule has 25 heavy (non-hydrogen) atoms. The maximum absolute atomic E-state index is 11.9. The molecule has 138 valence electrons. The van der Waals surface area contributed by atoms with E-state index in [0.717, 1.165) is 4.47 Å². The van der Waals surface area contributed by atoms with Gasteiger partial charge < -0.3 is 11.1 Å². The highest BCUT2D eigenvalue weighted by Crippen LogP contribution is 2.17. The van der Waals surface area contributed by atoms with Gasteiger partial charge in [0.05, 0.1) is 5.69 Å². The number of aryl methyl sites for hydroxylation is 1. The van der Waals surface area contributed by atoms with Gasteiger partial charge in [0.2, 0.25) is 5.91 Å². The molecule has 0 radical (unpaired) electrons. The van der Waals surface area contributed by atoms with Crippen molar-refractivity contribution in [3.8, 4) is 0 Å². The number of carbonyl (C=O) groups excluding carboxylic acids is 3. The fourth-order valence-corrected chi connectivity index (χ4v) is 1.63. The van der Waals surface area contributed by atoms with Crippen LogP contribution in [0, 0.1) is 6.92 Å². The zero-order valence-electron chi connectivity index (χ0n) is 12.7. The molecule has 0 aromatic carbocycles. The molecule has 1 amide bonds. The third-order valence-corrected chi connectivity index (χ3v) is 3.54. The number of nitrogens with one attached hydrogen (secondary N) is 1. The monoisotopic (exact) mass is 427 g/mol. The Morgan fingerprint density at radius 2 is 1.96 bits per heavy atom. The molecule has 8 nitrogen and oxygen atoms in total. The third-order valence-electron chi connectivity index (χ3n) is 2.70. The van der Waals surface area contributed by atoms with E-state index in [9.17, 15) is 27.6 Å². The lowest BCUT2D eigenvalue weighted by atomic mass is 10.1. The molecular weight excluding hydrogens is 415 g/mol. The number of hydrogen-bond acceptors (Lipinski definition) is 7. The largest absolute Gasteiger partial charge is 0.495 e. The second-order valence-corrected chi connectivity index (χ2v) is 5.58. The first-order valence-corrected chi connectivity index (χ1v) is 7.48. The van der Waals surface area contributed by atoms with Crippen LogP contribution in [0.25, 0.3) is 0 Å². The quantitative estimate of drug-likeness (QED) is 0.542. The minimum atomic E-state index is -5.31. The van der Waals surface area contributed by atoms with E-state index in [4.69, 9.17) is 5.73 Å². The Morgan fingerprint density at radius 1 is 1.32 bits per heavy atom. The summed E-state index contributed by atoms with van der Waals surface area (Å²) in [5.74, 6) is -4.35. The highest BCUT2D eigenvalue weighted by molar-refractivity contribution is 9.10. The smallest absolute Gasteiger partial charge is 0.318 e. The lowest BCUT2D eigenvalue weighted by Gasteiger charge is -2.10. The summed E-state index contributed by atoms with van der Waals surface area (Å²) < 4.78 is 36.3. The number of nitrogens with two attached hydrogens (primary N) is 1. The van der Waals surface area contributed by atoms with Crippen LogP contribution in [0.5, 0.6) is 0 Å². The minimum Gasteiger partial charge on any atom is -0.318 e. The van der Waals surface area contributed by atoms with Gasteiger partial charge in [0, 0.05) is 10.9 Å². The third kappa shape index (κ3) is 7.05. The Hall–Kier alpha value is -2.21. The molecule has 1 heterocycles. The summed E-state index contributed by atoms with van der Waals surface area (Å²) >= 11 is 3.25. The Labute approximate surface area is 147 Å². The van der Waals surface area contributed by atoms with Gasteiger partial charge in [-0.15, -0.1) is 0 Å². The first-order valence-electron chi connectivity index (χ1n) is 6.68. The van der Waals surface area contributed by atoms with Crippen molar-refractivity contribution < 1.29 is 37.3 Å². The molecule has 0 unspecified atom stereocenters. The van der Waals surface area contributed by atoms with Gasteiger partial charge in [-0.2, -0.15) is 13.2 Å². The standard InChI is InChI=1S/C13H13BrF3N3O5/c1-6-7(14)2-4-9(19-6)20-10(21)5-3-8(18)11(22)24-25-12(23)13(15,16)17/h2,4,8H,3,5,18H2,1H3,(H,19,20,21)/t8-/m0/s1. The average molecular weight is 428 g/mol. The molecule has 0 saturated carbocycles. The molecule has 0 spiro atoms. The summed E-state index contributed by atoms with van der Waals surface area (Å²) in [5, 5.41) is 2.46. The number of halogens is 4. The van der Waals surface area contributed by atoms with Crippen LogP contribution in [-0.4, -0.2) is 35.0 Å². The van der Waals surface area contributed by atoms with Crippen molar-refractivity contribution in [2.24, 2.45) is 5.73 Å². The lowest BCUT2D eigenvalue weighted by Crippen LogP contribution is -2.35. The summed E-state index contributed by atoms with van der Waals surface area (Å²) in [4.78, 5) is 44.5. The van der Waals surface area contributed by atoms with E-state index in [2.05, 4.69) is 36.0 Å². The molecule has 0 fully saturated rings. The van der Waals surface area contributed by atoms with Gasteiger partial charge in [-0.1, -0.05) is 0 Å². The Morgan fingerprint density at radius 3 is 2.52 bits per heavy atom. The maximum Gasteiger partial charge on any atom is 0.495 e. The van der Waals surface area contributed by atoms with E-state index >= 15 is 0 Å². The van der Waals surface area contributed by atoms with Crippen molar-refractivity contribution in [1.82, 2.24) is 4.98 Å². The van der Waals surface area contributed by atoms with Crippen molar-refractivity contribution >= 4 is 39.6 Å². The van der Waals surface area contributed by atoms with Crippen LogP contribution in [0.4, 0.5) is 19.0 Å². The second kappa shape index (κ2) is 8.76. The number of carbonyl (C=O) groups is 3. The Balaban J connectivity index is 2.40. The summed E-state index contributed by atoms with van der Waals surface area (Å²) in [6, 6.07) is 1.77. The first-order chi connectivity index (χ1) is 11.5. The van der Waals surface area contributed by atoms with Crippen molar-refractivity contribution in [1.29, 1.82) is 0 Å². The molecular formula is C13H13BrF3N3O5. The predicted molar refractivity (Wildman–Crippen MR) is 80.8 cm³/mol. The summed E-state index contributed by atoms with van der Waals surface area (Å²) in [5.41, 5.74) is 5.99. The lowest BCUT2D eigenvalue weighted by molar-refractivity contribution is -0.286. The highest BCUT2D eigenvalue weighted by atomic mass is 79.9. The average Bonchev–Trinajstić information content (AvgIpc) is 2.52. The van der Waals surface area contributed by atoms with Crippen LogP contribution in [-0.2, 0) is 24.2 Å². The number of alkyl halides is 3.